The van der Waals surface area contributed by atoms with Gasteiger partial charge in [-0.25, -0.2) is 17.6 Å². The van der Waals surface area contributed by atoms with Crippen LogP contribution in [0.1, 0.15) is 24.2 Å². The van der Waals surface area contributed by atoms with Gasteiger partial charge < -0.3 is 5.11 Å². The molecule has 9 heteroatoms. The van der Waals surface area contributed by atoms with Gasteiger partial charge in [0.1, 0.15) is 4.90 Å². The third-order valence-electron chi connectivity index (χ3n) is 2.92. The number of aromatic carboxylic acids is 1. The van der Waals surface area contributed by atoms with Crippen LogP contribution in [0.15, 0.2) is 35.5 Å². The van der Waals surface area contributed by atoms with Crippen LogP contribution in [0.25, 0.3) is 0 Å². The van der Waals surface area contributed by atoms with Gasteiger partial charge >= 0.3 is 5.97 Å². The number of carboxylic acid groups (broad SMARTS) is 1. The molecule has 2 aromatic rings. The van der Waals surface area contributed by atoms with E-state index in [1.54, 1.807) is 4.68 Å². The SMILES string of the molecule is CC(C)Cn1cc(NS(=O)(=O)c2cccc(C(=O)O)c2F)cn1. The number of halogens is 1. The van der Waals surface area contributed by atoms with Crippen molar-refractivity contribution in [3.05, 3.63) is 42.0 Å². The number of anilines is 1. The fraction of sp³-hybridized carbons (Fsp3) is 0.286. The molecule has 0 radical (unpaired) electrons. The zero-order valence-electron chi connectivity index (χ0n) is 12.5. The van der Waals surface area contributed by atoms with Crippen molar-refractivity contribution < 1.29 is 22.7 Å². The summed E-state index contributed by atoms with van der Waals surface area (Å²) in [5, 5.41) is 12.9. The molecule has 1 aromatic carbocycles. The largest absolute Gasteiger partial charge is 0.478 e. The van der Waals surface area contributed by atoms with Gasteiger partial charge in [0.25, 0.3) is 10.0 Å². The molecule has 0 spiro atoms. The molecule has 23 heavy (non-hydrogen) atoms. The molecule has 0 bridgehead atoms. The average Bonchev–Trinajstić information content (AvgIpc) is 2.83. The van der Waals surface area contributed by atoms with E-state index in [9.17, 15) is 17.6 Å². The fourth-order valence-corrected chi connectivity index (χ4v) is 3.11. The Morgan fingerprint density at radius 3 is 2.74 bits per heavy atom. The van der Waals surface area contributed by atoms with Gasteiger partial charge in [-0.2, -0.15) is 5.10 Å². The number of benzene rings is 1. The Morgan fingerprint density at radius 1 is 1.43 bits per heavy atom. The summed E-state index contributed by atoms with van der Waals surface area (Å²) >= 11 is 0. The summed E-state index contributed by atoms with van der Waals surface area (Å²) in [6, 6.07) is 3.17. The maximum Gasteiger partial charge on any atom is 0.338 e. The van der Waals surface area contributed by atoms with E-state index in [0.717, 1.165) is 12.1 Å². The molecule has 0 aliphatic heterocycles. The van der Waals surface area contributed by atoms with Crippen molar-refractivity contribution >= 4 is 21.7 Å². The number of nitrogens with zero attached hydrogens (tertiary/aromatic N) is 2. The monoisotopic (exact) mass is 341 g/mol. The van der Waals surface area contributed by atoms with Crippen molar-refractivity contribution in [3.8, 4) is 0 Å². The summed E-state index contributed by atoms with van der Waals surface area (Å²) < 4.78 is 42.3. The predicted molar refractivity (Wildman–Crippen MR) is 81.2 cm³/mol. The van der Waals surface area contributed by atoms with E-state index in [1.165, 1.54) is 18.5 Å². The predicted octanol–water partition coefficient (Wildman–Crippen LogP) is 2.18. The molecule has 0 saturated heterocycles. The Morgan fingerprint density at radius 2 is 2.13 bits per heavy atom. The second-order valence-corrected chi connectivity index (χ2v) is 7.02. The van der Waals surface area contributed by atoms with Crippen LogP contribution in [-0.4, -0.2) is 29.3 Å². The molecule has 0 unspecified atom stereocenters. The number of rotatable bonds is 6. The second-order valence-electron chi connectivity index (χ2n) is 5.37. The molecule has 0 atom stereocenters. The molecule has 2 rings (SSSR count). The third kappa shape index (κ3) is 3.86. The third-order valence-corrected chi connectivity index (χ3v) is 4.32. The van der Waals surface area contributed by atoms with E-state index in [4.69, 9.17) is 5.11 Å². The lowest BCUT2D eigenvalue weighted by molar-refractivity contribution is 0.0691. The highest BCUT2D eigenvalue weighted by atomic mass is 32.2. The number of carbonyl (C=O) groups is 1. The topological polar surface area (TPSA) is 101 Å². The number of carboxylic acids is 1. The summed E-state index contributed by atoms with van der Waals surface area (Å²) in [5.74, 6) is -2.52. The molecule has 2 N–H and O–H groups in total. The first-order valence-corrected chi connectivity index (χ1v) is 8.26. The molecule has 0 amide bonds. The first-order valence-electron chi connectivity index (χ1n) is 6.78. The molecular weight excluding hydrogens is 325 g/mol. The first kappa shape index (κ1) is 16.9. The Hall–Kier alpha value is -2.42. The van der Waals surface area contributed by atoms with Crippen LogP contribution >= 0.6 is 0 Å². The zero-order valence-corrected chi connectivity index (χ0v) is 13.3. The van der Waals surface area contributed by atoms with Gasteiger partial charge in [-0.3, -0.25) is 9.40 Å². The Labute approximate surface area is 132 Å². The van der Waals surface area contributed by atoms with Crippen LogP contribution in [-0.2, 0) is 16.6 Å². The Balaban J connectivity index is 2.31. The smallest absolute Gasteiger partial charge is 0.338 e. The highest BCUT2D eigenvalue weighted by Crippen LogP contribution is 2.21. The number of sulfonamides is 1. The van der Waals surface area contributed by atoms with Crippen LogP contribution in [0.5, 0.6) is 0 Å². The lowest BCUT2D eigenvalue weighted by Gasteiger charge is -2.08. The van der Waals surface area contributed by atoms with E-state index in [1.807, 2.05) is 13.8 Å². The summed E-state index contributed by atoms with van der Waals surface area (Å²) in [6.45, 7) is 4.57. The maximum absolute atomic E-state index is 14.1. The molecule has 0 saturated carbocycles. The lowest BCUT2D eigenvalue weighted by Crippen LogP contribution is -2.16. The van der Waals surface area contributed by atoms with E-state index >= 15 is 0 Å². The second kappa shape index (κ2) is 6.37. The van der Waals surface area contributed by atoms with Crippen LogP contribution in [0.2, 0.25) is 0 Å². The summed E-state index contributed by atoms with van der Waals surface area (Å²) in [4.78, 5) is 10.2. The van der Waals surface area contributed by atoms with Gasteiger partial charge in [0, 0.05) is 12.7 Å². The number of nitrogens with one attached hydrogen (secondary N) is 1. The first-order chi connectivity index (χ1) is 10.7. The molecule has 7 nitrogen and oxygen atoms in total. The van der Waals surface area contributed by atoms with Crippen LogP contribution in [0.3, 0.4) is 0 Å². The van der Waals surface area contributed by atoms with E-state index in [-0.39, 0.29) is 5.69 Å². The highest BCUT2D eigenvalue weighted by Gasteiger charge is 2.24. The van der Waals surface area contributed by atoms with Gasteiger partial charge in [0.05, 0.1) is 17.4 Å². The molecule has 0 aliphatic rings. The average molecular weight is 341 g/mol. The lowest BCUT2D eigenvalue weighted by atomic mass is 10.2. The standard InChI is InChI=1S/C14H16FN3O4S/c1-9(2)7-18-8-10(6-16-18)17-23(21,22)12-5-3-4-11(13(12)15)14(19)20/h3-6,8-9,17H,7H2,1-2H3,(H,19,20). The molecule has 0 fully saturated rings. The Bertz CT molecular complexity index is 830. The molecule has 1 heterocycles. The number of hydrogen-bond donors (Lipinski definition) is 2. The molecular formula is C14H16FN3O4S. The van der Waals surface area contributed by atoms with Crippen LogP contribution in [0, 0.1) is 11.7 Å². The van der Waals surface area contributed by atoms with Gasteiger partial charge in [0.2, 0.25) is 0 Å². The van der Waals surface area contributed by atoms with Crippen molar-refractivity contribution in [1.29, 1.82) is 0 Å². The molecule has 1 aromatic heterocycles. The van der Waals surface area contributed by atoms with E-state index < -0.39 is 32.3 Å². The number of aromatic nitrogens is 2. The van der Waals surface area contributed by atoms with Crippen molar-refractivity contribution in [2.24, 2.45) is 5.92 Å². The van der Waals surface area contributed by atoms with Gasteiger partial charge in [-0.15, -0.1) is 0 Å². The number of hydrogen-bond acceptors (Lipinski definition) is 4. The highest BCUT2D eigenvalue weighted by molar-refractivity contribution is 7.92. The van der Waals surface area contributed by atoms with E-state index in [0.29, 0.717) is 12.5 Å². The van der Waals surface area contributed by atoms with Crippen molar-refractivity contribution in [2.75, 3.05) is 4.72 Å². The fourth-order valence-electron chi connectivity index (χ4n) is 1.98. The van der Waals surface area contributed by atoms with E-state index in [2.05, 4.69) is 9.82 Å². The van der Waals surface area contributed by atoms with Gasteiger partial charge in [-0.05, 0) is 18.1 Å². The zero-order chi connectivity index (χ0) is 17.2. The molecule has 0 aliphatic carbocycles. The van der Waals surface area contributed by atoms with Crippen LogP contribution < -0.4 is 4.72 Å². The molecule has 124 valence electrons. The minimum atomic E-state index is -4.26. The van der Waals surface area contributed by atoms with Crippen molar-refractivity contribution in [3.63, 3.8) is 0 Å². The Kier molecular flexibility index (Phi) is 4.69. The summed E-state index contributed by atoms with van der Waals surface area (Å²) in [5.41, 5.74) is -0.533. The van der Waals surface area contributed by atoms with Crippen molar-refractivity contribution in [2.45, 2.75) is 25.3 Å². The van der Waals surface area contributed by atoms with Gasteiger partial charge in [-0.1, -0.05) is 19.9 Å². The maximum atomic E-state index is 14.1. The normalized spacial score (nSPS) is 11.7. The summed E-state index contributed by atoms with van der Waals surface area (Å²) in [6.07, 6.45) is 2.79. The minimum absolute atomic E-state index is 0.172. The van der Waals surface area contributed by atoms with Crippen molar-refractivity contribution in [1.82, 2.24) is 9.78 Å². The quantitative estimate of drug-likeness (QED) is 0.838. The van der Waals surface area contributed by atoms with Crippen LogP contribution in [0.4, 0.5) is 10.1 Å². The van der Waals surface area contributed by atoms with Gasteiger partial charge in [0.15, 0.2) is 5.82 Å². The minimum Gasteiger partial charge on any atom is -0.478 e. The summed E-state index contributed by atoms with van der Waals surface area (Å²) in [7, 11) is -4.26.